The minimum atomic E-state index is -0.569. The van der Waals surface area contributed by atoms with Gasteiger partial charge in [0.25, 0.3) is 5.91 Å². The summed E-state index contributed by atoms with van der Waals surface area (Å²) in [6, 6.07) is 14.9. The van der Waals surface area contributed by atoms with E-state index in [4.69, 9.17) is 4.74 Å². The normalized spacial score (nSPS) is 13.3. The number of rotatable bonds is 6. The number of benzene rings is 3. The molecule has 0 spiro atoms. The van der Waals surface area contributed by atoms with Crippen molar-refractivity contribution in [3.05, 3.63) is 89.0 Å². The lowest BCUT2D eigenvalue weighted by Gasteiger charge is -2.30. The van der Waals surface area contributed by atoms with Gasteiger partial charge in [-0.25, -0.2) is 13.6 Å². The minimum Gasteiger partial charge on any atom is -0.378 e. The smallest absolute Gasteiger partial charge is 0.323 e. The average molecular weight is 481 g/mol. The van der Waals surface area contributed by atoms with Gasteiger partial charge in [0, 0.05) is 30.9 Å². The number of hydrogen-bond acceptors (Lipinski definition) is 4. The van der Waals surface area contributed by atoms with Crippen molar-refractivity contribution in [2.24, 2.45) is 0 Å². The maximum absolute atomic E-state index is 13.9. The highest BCUT2D eigenvalue weighted by Gasteiger charge is 2.19. The third-order valence-corrected chi connectivity index (χ3v) is 5.63. The second-order valence-corrected chi connectivity index (χ2v) is 8.19. The Labute approximate surface area is 202 Å². The Balaban J connectivity index is 1.52. The number of ether oxygens (including phenoxy) is 1. The predicted octanol–water partition coefficient (Wildman–Crippen LogP) is 4.68. The van der Waals surface area contributed by atoms with Crippen molar-refractivity contribution in [3.8, 4) is 0 Å². The van der Waals surface area contributed by atoms with Crippen molar-refractivity contribution in [1.82, 2.24) is 5.32 Å². The first-order chi connectivity index (χ1) is 16.9. The summed E-state index contributed by atoms with van der Waals surface area (Å²) in [5, 5.41) is 8.17. The number of hydrogen-bond donors (Lipinski definition) is 3. The van der Waals surface area contributed by atoms with Crippen molar-refractivity contribution >= 4 is 29.0 Å². The number of halogens is 2. The topological polar surface area (TPSA) is 82.7 Å². The van der Waals surface area contributed by atoms with Crippen LogP contribution in [-0.4, -0.2) is 38.2 Å². The van der Waals surface area contributed by atoms with Crippen molar-refractivity contribution in [2.75, 3.05) is 41.8 Å². The fourth-order valence-corrected chi connectivity index (χ4v) is 3.74. The lowest BCUT2D eigenvalue weighted by Crippen LogP contribution is -2.37. The van der Waals surface area contributed by atoms with Crippen LogP contribution in [0, 0.1) is 18.6 Å². The SMILES string of the molecule is Cc1ccc(NC(=O)Nc2cc(C(=O)NCc3cccc(F)c3)ccc2N2CCOCC2)cc1F. The molecule has 0 unspecified atom stereocenters. The molecule has 0 atom stereocenters. The standard InChI is InChI=1S/C26H26F2N4O3/c1-17-5-7-21(15-22(17)28)30-26(34)31-23-14-19(6-8-24(23)32-9-11-35-12-10-32)25(33)29-16-18-3-2-4-20(27)13-18/h2-8,13-15H,9-12,16H2,1H3,(H,29,33)(H2,30,31,34). The van der Waals surface area contributed by atoms with Gasteiger partial charge in [0.15, 0.2) is 0 Å². The molecular formula is C26H26F2N4O3. The first-order valence-electron chi connectivity index (χ1n) is 11.2. The minimum absolute atomic E-state index is 0.157. The van der Waals surface area contributed by atoms with E-state index in [1.54, 1.807) is 49.4 Å². The quantitative estimate of drug-likeness (QED) is 0.478. The molecule has 0 aromatic heterocycles. The second kappa shape index (κ2) is 11.0. The number of morpholine rings is 1. The van der Waals surface area contributed by atoms with Gasteiger partial charge in [0.05, 0.1) is 24.6 Å². The van der Waals surface area contributed by atoms with E-state index in [2.05, 4.69) is 20.9 Å². The van der Waals surface area contributed by atoms with Crippen molar-refractivity contribution in [1.29, 1.82) is 0 Å². The highest BCUT2D eigenvalue weighted by atomic mass is 19.1. The van der Waals surface area contributed by atoms with Crippen LogP contribution >= 0.6 is 0 Å². The largest absolute Gasteiger partial charge is 0.378 e. The Kier molecular flexibility index (Phi) is 7.57. The molecule has 1 aliphatic rings. The number of amides is 3. The van der Waals surface area contributed by atoms with Gasteiger partial charge >= 0.3 is 6.03 Å². The van der Waals surface area contributed by atoms with E-state index in [-0.39, 0.29) is 18.3 Å². The Hall–Kier alpha value is -3.98. The molecule has 0 radical (unpaired) electrons. The first kappa shape index (κ1) is 24.2. The van der Waals surface area contributed by atoms with Crippen LogP contribution in [-0.2, 0) is 11.3 Å². The zero-order chi connectivity index (χ0) is 24.8. The van der Waals surface area contributed by atoms with Gasteiger partial charge in [-0.2, -0.15) is 0 Å². The van der Waals surface area contributed by atoms with Gasteiger partial charge < -0.3 is 25.6 Å². The number of nitrogens with zero attached hydrogens (tertiary/aromatic N) is 1. The van der Waals surface area contributed by atoms with Gasteiger partial charge in [-0.3, -0.25) is 4.79 Å². The molecule has 35 heavy (non-hydrogen) atoms. The van der Waals surface area contributed by atoms with Crippen LogP contribution < -0.4 is 20.9 Å². The molecule has 1 saturated heterocycles. The summed E-state index contributed by atoms with van der Waals surface area (Å²) in [5.41, 5.74) is 2.90. The predicted molar refractivity (Wildman–Crippen MR) is 131 cm³/mol. The molecule has 3 N–H and O–H groups in total. The summed E-state index contributed by atoms with van der Waals surface area (Å²) in [6.07, 6.45) is 0. The molecular weight excluding hydrogens is 454 g/mol. The summed E-state index contributed by atoms with van der Waals surface area (Å²) < 4.78 is 32.7. The Bertz CT molecular complexity index is 1230. The van der Waals surface area contributed by atoms with Crippen molar-refractivity contribution < 1.29 is 23.1 Å². The number of nitrogens with one attached hydrogen (secondary N) is 3. The molecule has 1 aliphatic heterocycles. The van der Waals surface area contributed by atoms with Crippen LogP contribution in [0.25, 0.3) is 0 Å². The summed E-state index contributed by atoms with van der Waals surface area (Å²) in [5.74, 6) is -1.17. The number of carbonyl (C=O) groups excluding carboxylic acids is 2. The maximum Gasteiger partial charge on any atom is 0.323 e. The van der Waals surface area contributed by atoms with Gasteiger partial charge in [-0.1, -0.05) is 18.2 Å². The van der Waals surface area contributed by atoms with Gasteiger partial charge in [0.2, 0.25) is 0 Å². The third kappa shape index (κ3) is 6.33. The number of aryl methyl sites for hydroxylation is 1. The average Bonchev–Trinajstić information content (AvgIpc) is 2.85. The summed E-state index contributed by atoms with van der Waals surface area (Å²) in [7, 11) is 0. The van der Waals surface area contributed by atoms with Crippen LogP contribution in [0.4, 0.5) is 30.6 Å². The van der Waals surface area contributed by atoms with Crippen LogP contribution in [0.3, 0.4) is 0 Å². The molecule has 0 bridgehead atoms. The lowest BCUT2D eigenvalue weighted by molar-refractivity contribution is 0.0950. The van der Waals surface area contributed by atoms with E-state index in [0.29, 0.717) is 54.4 Å². The van der Waals surface area contributed by atoms with E-state index < -0.39 is 11.8 Å². The Morgan fingerprint density at radius 3 is 2.51 bits per heavy atom. The van der Waals surface area contributed by atoms with Crippen molar-refractivity contribution in [3.63, 3.8) is 0 Å². The van der Waals surface area contributed by atoms with Crippen LogP contribution in [0.2, 0.25) is 0 Å². The number of urea groups is 1. The Morgan fingerprint density at radius 2 is 1.77 bits per heavy atom. The summed E-state index contributed by atoms with van der Waals surface area (Å²) in [6.45, 7) is 4.14. The highest BCUT2D eigenvalue weighted by molar-refractivity contribution is 6.04. The third-order valence-electron chi connectivity index (χ3n) is 5.63. The zero-order valence-corrected chi connectivity index (χ0v) is 19.2. The fourth-order valence-electron chi connectivity index (χ4n) is 3.74. The summed E-state index contributed by atoms with van der Waals surface area (Å²) >= 11 is 0. The van der Waals surface area contributed by atoms with E-state index in [1.165, 1.54) is 18.2 Å². The van der Waals surface area contributed by atoms with E-state index >= 15 is 0 Å². The maximum atomic E-state index is 13.9. The molecule has 3 aromatic carbocycles. The van der Waals surface area contributed by atoms with Gasteiger partial charge in [0.1, 0.15) is 11.6 Å². The molecule has 7 nitrogen and oxygen atoms in total. The van der Waals surface area contributed by atoms with E-state index in [1.807, 2.05) is 0 Å². The summed E-state index contributed by atoms with van der Waals surface area (Å²) in [4.78, 5) is 27.5. The van der Waals surface area contributed by atoms with Crippen LogP contribution in [0.15, 0.2) is 60.7 Å². The lowest BCUT2D eigenvalue weighted by atomic mass is 10.1. The monoisotopic (exact) mass is 480 g/mol. The molecule has 4 rings (SSSR count). The van der Waals surface area contributed by atoms with Crippen molar-refractivity contribution in [2.45, 2.75) is 13.5 Å². The van der Waals surface area contributed by atoms with E-state index in [0.717, 1.165) is 5.69 Å². The molecule has 0 aliphatic carbocycles. The molecule has 0 saturated carbocycles. The molecule has 182 valence electrons. The van der Waals surface area contributed by atoms with E-state index in [9.17, 15) is 18.4 Å². The number of anilines is 3. The fraction of sp³-hybridized carbons (Fsp3) is 0.231. The molecule has 1 heterocycles. The van der Waals surface area contributed by atoms with Gasteiger partial charge in [-0.15, -0.1) is 0 Å². The number of carbonyl (C=O) groups is 2. The molecule has 3 aromatic rings. The van der Waals surface area contributed by atoms with Crippen LogP contribution in [0.5, 0.6) is 0 Å². The highest BCUT2D eigenvalue weighted by Crippen LogP contribution is 2.28. The zero-order valence-electron chi connectivity index (χ0n) is 19.2. The van der Waals surface area contributed by atoms with Crippen LogP contribution in [0.1, 0.15) is 21.5 Å². The first-order valence-corrected chi connectivity index (χ1v) is 11.2. The molecule has 1 fully saturated rings. The molecule has 9 heteroatoms. The Morgan fingerprint density at radius 1 is 0.971 bits per heavy atom. The molecule has 3 amide bonds. The second-order valence-electron chi connectivity index (χ2n) is 8.19. The van der Waals surface area contributed by atoms with Gasteiger partial charge in [-0.05, 0) is 60.5 Å².